The molecule has 3 rings (SSSR count). The van der Waals surface area contributed by atoms with Crippen LogP contribution in [0.25, 0.3) is 0 Å². The Hall–Kier alpha value is -2.49. The smallest absolute Gasteiger partial charge is 0.253 e. The number of piperazine rings is 1. The number of hydrogen-bond acceptors (Lipinski definition) is 3. The number of nitrogen functional groups attached to an aromatic ring is 1. The van der Waals surface area contributed by atoms with E-state index in [1.54, 1.807) is 24.3 Å². The predicted octanol–water partition coefficient (Wildman–Crippen LogP) is 2.85. The van der Waals surface area contributed by atoms with E-state index in [1.165, 1.54) is 16.8 Å². The fourth-order valence-corrected chi connectivity index (χ4v) is 3.04. The van der Waals surface area contributed by atoms with Crippen molar-refractivity contribution in [3.8, 4) is 0 Å². The lowest BCUT2D eigenvalue weighted by Crippen LogP contribution is -2.49. The van der Waals surface area contributed by atoms with Gasteiger partial charge in [0.25, 0.3) is 5.91 Å². The molecule has 1 heterocycles. The molecule has 23 heavy (non-hydrogen) atoms. The number of rotatable bonds is 2. The first-order valence-corrected chi connectivity index (χ1v) is 8.02. The van der Waals surface area contributed by atoms with Gasteiger partial charge in [0.1, 0.15) is 0 Å². The minimum absolute atomic E-state index is 0.0885. The molecular weight excluding hydrogens is 286 g/mol. The number of nitrogens with two attached hydrogens (primary N) is 1. The zero-order chi connectivity index (χ0) is 16.4. The molecule has 0 spiro atoms. The molecule has 0 radical (unpaired) electrons. The quantitative estimate of drug-likeness (QED) is 0.868. The molecule has 0 bridgehead atoms. The van der Waals surface area contributed by atoms with Gasteiger partial charge >= 0.3 is 0 Å². The normalized spacial score (nSPS) is 14.9. The Morgan fingerprint density at radius 1 is 0.957 bits per heavy atom. The maximum Gasteiger partial charge on any atom is 0.253 e. The summed E-state index contributed by atoms with van der Waals surface area (Å²) in [6.07, 6.45) is 0. The summed E-state index contributed by atoms with van der Waals surface area (Å²) in [7, 11) is 0. The van der Waals surface area contributed by atoms with Crippen molar-refractivity contribution >= 4 is 17.3 Å². The van der Waals surface area contributed by atoms with Crippen molar-refractivity contribution in [2.45, 2.75) is 13.8 Å². The highest BCUT2D eigenvalue weighted by atomic mass is 16.2. The molecule has 0 aromatic heterocycles. The fourth-order valence-electron chi connectivity index (χ4n) is 3.04. The molecule has 4 heteroatoms. The molecule has 1 amide bonds. The predicted molar refractivity (Wildman–Crippen MR) is 94.9 cm³/mol. The van der Waals surface area contributed by atoms with Gasteiger partial charge in [0.15, 0.2) is 0 Å². The highest BCUT2D eigenvalue weighted by Crippen LogP contribution is 2.24. The number of anilines is 2. The molecular formula is C19H23N3O. The average Bonchev–Trinajstić information content (AvgIpc) is 2.58. The summed E-state index contributed by atoms with van der Waals surface area (Å²) >= 11 is 0. The van der Waals surface area contributed by atoms with Crippen LogP contribution in [0.5, 0.6) is 0 Å². The van der Waals surface area contributed by atoms with E-state index < -0.39 is 0 Å². The van der Waals surface area contributed by atoms with Crippen molar-refractivity contribution in [3.63, 3.8) is 0 Å². The van der Waals surface area contributed by atoms with Gasteiger partial charge in [-0.15, -0.1) is 0 Å². The summed E-state index contributed by atoms with van der Waals surface area (Å²) in [5.74, 6) is 0.0885. The van der Waals surface area contributed by atoms with Crippen LogP contribution in [0.4, 0.5) is 11.4 Å². The van der Waals surface area contributed by atoms with Crippen molar-refractivity contribution in [1.82, 2.24) is 4.90 Å². The topological polar surface area (TPSA) is 49.6 Å². The lowest BCUT2D eigenvalue weighted by molar-refractivity contribution is 0.0747. The molecule has 2 aromatic rings. The number of aryl methyl sites for hydroxylation is 1. The summed E-state index contributed by atoms with van der Waals surface area (Å²) in [5.41, 5.74) is 11.0. The molecule has 120 valence electrons. The molecule has 0 atom stereocenters. The van der Waals surface area contributed by atoms with Gasteiger partial charge in [0.2, 0.25) is 0 Å². The molecule has 0 aliphatic carbocycles. The van der Waals surface area contributed by atoms with Crippen LogP contribution in [0.3, 0.4) is 0 Å². The Kier molecular flexibility index (Phi) is 4.24. The van der Waals surface area contributed by atoms with Gasteiger partial charge in [-0.2, -0.15) is 0 Å². The van der Waals surface area contributed by atoms with Gasteiger partial charge in [-0.1, -0.05) is 12.1 Å². The van der Waals surface area contributed by atoms with Crippen molar-refractivity contribution in [2.75, 3.05) is 36.8 Å². The molecule has 1 aliphatic rings. The second-order valence-corrected chi connectivity index (χ2v) is 6.12. The van der Waals surface area contributed by atoms with Crippen LogP contribution in [0.15, 0.2) is 42.5 Å². The van der Waals surface area contributed by atoms with Gasteiger partial charge in [0.05, 0.1) is 0 Å². The van der Waals surface area contributed by atoms with Crippen LogP contribution < -0.4 is 10.6 Å². The molecule has 2 N–H and O–H groups in total. The Morgan fingerprint density at radius 3 is 2.26 bits per heavy atom. The van der Waals surface area contributed by atoms with E-state index in [1.807, 2.05) is 4.90 Å². The summed E-state index contributed by atoms with van der Waals surface area (Å²) in [6.45, 7) is 7.53. The van der Waals surface area contributed by atoms with E-state index in [0.29, 0.717) is 11.3 Å². The summed E-state index contributed by atoms with van der Waals surface area (Å²) in [6, 6.07) is 13.6. The van der Waals surface area contributed by atoms with E-state index in [4.69, 9.17) is 5.73 Å². The number of amides is 1. The molecule has 2 aromatic carbocycles. The molecule has 1 fully saturated rings. The largest absolute Gasteiger partial charge is 0.399 e. The average molecular weight is 309 g/mol. The fraction of sp³-hybridized carbons (Fsp3) is 0.316. The van der Waals surface area contributed by atoms with E-state index in [-0.39, 0.29) is 5.91 Å². The Labute approximate surface area is 137 Å². The van der Waals surface area contributed by atoms with Gasteiger partial charge in [-0.3, -0.25) is 4.79 Å². The molecule has 1 aliphatic heterocycles. The third-order valence-electron chi connectivity index (χ3n) is 4.64. The maximum atomic E-state index is 12.5. The first-order valence-electron chi connectivity index (χ1n) is 8.02. The van der Waals surface area contributed by atoms with Crippen LogP contribution in [-0.2, 0) is 0 Å². The van der Waals surface area contributed by atoms with Crippen molar-refractivity contribution < 1.29 is 4.79 Å². The number of carbonyl (C=O) groups excluding carboxylic acids is 1. The lowest BCUT2D eigenvalue weighted by atomic mass is 10.1. The van der Waals surface area contributed by atoms with E-state index in [9.17, 15) is 4.79 Å². The number of benzene rings is 2. The van der Waals surface area contributed by atoms with E-state index in [0.717, 1.165) is 26.2 Å². The Morgan fingerprint density at radius 2 is 1.61 bits per heavy atom. The van der Waals surface area contributed by atoms with Crippen molar-refractivity contribution in [3.05, 3.63) is 59.2 Å². The van der Waals surface area contributed by atoms with Crippen LogP contribution in [-0.4, -0.2) is 37.0 Å². The second-order valence-electron chi connectivity index (χ2n) is 6.12. The highest BCUT2D eigenvalue weighted by molar-refractivity contribution is 5.94. The van der Waals surface area contributed by atoms with Crippen LogP contribution in [0.2, 0.25) is 0 Å². The molecule has 0 unspecified atom stereocenters. The van der Waals surface area contributed by atoms with Crippen molar-refractivity contribution in [1.29, 1.82) is 0 Å². The maximum absolute atomic E-state index is 12.5. The SMILES string of the molecule is Cc1cccc(N2CCN(C(=O)c3ccc(N)cc3)CC2)c1C. The van der Waals surface area contributed by atoms with Gasteiger partial charge in [0, 0.05) is 43.1 Å². The minimum Gasteiger partial charge on any atom is -0.399 e. The lowest BCUT2D eigenvalue weighted by Gasteiger charge is -2.37. The molecule has 1 saturated heterocycles. The van der Waals surface area contributed by atoms with Gasteiger partial charge in [-0.25, -0.2) is 0 Å². The summed E-state index contributed by atoms with van der Waals surface area (Å²) in [5, 5.41) is 0. The third-order valence-corrected chi connectivity index (χ3v) is 4.64. The number of carbonyl (C=O) groups is 1. The number of hydrogen-bond donors (Lipinski definition) is 1. The Bertz CT molecular complexity index is 701. The molecule has 0 saturated carbocycles. The summed E-state index contributed by atoms with van der Waals surface area (Å²) < 4.78 is 0. The van der Waals surface area contributed by atoms with Crippen LogP contribution in [0, 0.1) is 13.8 Å². The molecule has 4 nitrogen and oxygen atoms in total. The first kappa shape index (κ1) is 15.4. The zero-order valence-corrected chi connectivity index (χ0v) is 13.7. The monoisotopic (exact) mass is 309 g/mol. The van der Waals surface area contributed by atoms with Gasteiger partial charge in [-0.05, 0) is 55.3 Å². The second kappa shape index (κ2) is 6.32. The van der Waals surface area contributed by atoms with E-state index in [2.05, 4.69) is 36.9 Å². The summed E-state index contributed by atoms with van der Waals surface area (Å²) in [4.78, 5) is 16.8. The third kappa shape index (κ3) is 3.16. The number of nitrogens with zero attached hydrogens (tertiary/aromatic N) is 2. The van der Waals surface area contributed by atoms with Gasteiger partial charge < -0.3 is 15.5 Å². The first-order chi connectivity index (χ1) is 11.1. The zero-order valence-electron chi connectivity index (χ0n) is 13.7. The standard InChI is InChI=1S/C19H23N3O/c1-14-4-3-5-18(15(14)2)21-10-12-22(13-11-21)19(23)16-6-8-17(20)9-7-16/h3-9H,10-13,20H2,1-2H3. The Balaban J connectivity index is 1.67. The van der Waals surface area contributed by atoms with Crippen molar-refractivity contribution in [2.24, 2.45) is 0 Å². The van der Waals surface area contributed by atoms with Crippen LogP contribution >= 0.6 is 0 Å². The van der Waals surface area contributed by atoms with Crippen LogP contribution in [0.1, 0.15) is 21.5 Å². The highest BCUT2D eigenvalue weighted by Gasteiger charge is 2.23. The van der Waals surface area contributed by atoms with E-state index >= 15 is 0 Å². The minimum atomic E-state index is 0.0885.